The van der Waals surface area contributed by atoms with Crippen LogP contribution in [0.1, 0.15) is 29.8 Å². The number of rotatable bonds is 6. The van der Waals surface area contributed by atoms with Crippen molar-refractivity contribution in [2.24, 2.45) is 0 Å². The summed E-state index contributed by atoms with van der Waals surface area (Å²) in [6.07, 6.45) is 0.760. The molecule has 0 aliphatic carbocycles. The summed E-state index contributed by atoms with van der Waals surface area (Å²) in [7, 11) is 0. The third-order valence-corrected chi connectivity index (χ3v) is 2.52. The van der Waals surface area contributed by atoms with Gasteiger partial charge in [0.25, 0.3) is 0 Å². The van der Waals surface area contributed by atoms with E-state index in [-0.39, 0.29) is 13.2 Å². The van der Waals surface area contributed by atoms with Crippen LogP contribution in [0.25, 0.3) is 0 Å². The summed E-state index contributed by atoms with van der Waals surface area (Å²) in [6, 6.07) is 7.28. The van der Waals surface area contributed by atoms with Crippen LogP contribution >= 0.6 is 0 Å². The smallest absolute Gasteiger partial charge is 0.338 e. The van der Waals surface area contributed by atoms with Crippen molar-refractivity contribution in [3.05, 3.63) is 47.5 Å². The number of aryl methyl sites for hydroxylation is 1. The monoisotopic (exact) mass is 262 g/mol. The third-order valence-electron chi connectivity index (χ3n) is 2.52. The van der Waals surface area contributed by atoms with Crippen LogP contribution in [-0.4, -0.2) is 25.2 Å². The number of ether oxygens (including phenoxy) is 2. The predicted octanol–water partition coefficient (Wildman–Crippen LogP) is 2.53. The van der Waals surface area contributed by atoms with Gasteiger partial charge in [-0.2, -0.15) is 0 Å². The van der Waals surface area contributed by atoms with Crippen LogP contribution in [-0.2, 0) is 20.7 Å². The lowest BCUT2D eigenvalue weighted by Crippen LogP contribution is -2.15. The molecular formula is C15H18O4. The molecule has 0 aliphatic heterocycles. The normalized spacial score (nSPS) is 9.79. The molecule has 4 nitrogen and oxygen atoms in total. The van der Waals surface area contributed by atoms with E-state index < -0.39 is 11.9 Å². The van der Waals surface area contributed by atoms with Crippen molar-refractivity contribution in [2.45, 2.75) is 20.3 Å². The Labute approximate surface area is 113 Å². The van der Waals surface area contributed by atoms with Crippen LogP contribution in [0.4, 0.5) is 0 Å². The zero-order valence-corrected chi connectivity index (χ0v) is 11.3. The largest absolute Gasteiger partial charge is 0.459 e. The average Bonchev–Trinajstić information content (AvgIpc) is 2.42. The molecule has 1 rings (SSSR count). The van der Waals surface area contributed by atoms with Crippen molar-refractivity contribution in [3.63, 3.8) is 0 Å². The van der Waals surface area contributed by atoms with Crippen LogP contribution < -0.4 is 0 Å². The first-order valence-electron chi connectivity index (χ1n) is 6.14. The topological polar surface area (TPSA) is 52.6 Å². The summed E-state index contributed by atoms with van der Waals surface area (Å²) in [5, 5.41) is 0. The Balaban J connectivity index is 2.43. The lowest BCUT2D eigenvalue weighted by atomic mass is 10.1. The Morgan fingerprint density at radius 1 is 1.16 bits per heavy atom. The van der Waals surface area contributed by atoms with Crippen molar-refractivity contribution in [2.75, 3.05) is 13.2 Å². The van der Waals surface area contributed by atoms with Gasteiger partial charge in [-0.25, -0.2) is 9.59 Å². The van der Waals surface area contributed by atoms with E-state index in [1.165, 1.54) is 0 Å². The fraction of sp³-hybridized carbons (Fsp3) is 0.333. The standard InChI is InChI=1S/C15H18O4/c1-4-12-7-5-6-8-13(12)15(17)19-10-9-18-14(16)11(2)3/h5-8H,2,4,9-10H2,1,3H3. The first kappa shape index (κ1) is 15.0. The Hall–Kier alpha value is -2.10. The maximum atomic E-state index is 11.8. The Bertz CT molecular complexity index is 477. The second kappa shape index (κ2) is 7.36. The van der Waals surface area contributed by atoms with E-state index in [1.807, 2.05) is 19.1 Å². The summed E-state index contributed by atoms with van der Waals surface area (Å²) < 4.78 is 9.89. The lowest BCUT2D eigenvalue weighted by molar-refractivity contribution is -0.140. The van der Waals surface area contributed by atoms with Crippen molar-refractivity contribution >= 4 is 11.9 Å². The summed E-state index contributed by atoms with van der Waals surface area (Å²) in [5.41, 5.74) is 1.81. The number of hydrogen-bond donors (Lipinski definition) is 0. The van der Waals surface area contributed by atoms with Crippen molar-refractivity contribution in [1.82, 2.24) is 0 Å². The van der Waals surface area contributed by atoms with E-state index >= 15 is 0 Å². The summed E-state index contributed by atoms with van der Waals surface area (Å²) >= 11 is 0. The molecule has 0 fully saturated rings. The minimum Gasteiger partial charge on any atom is -0.459 e. The van der Waals surface area contributed by atoms with E-state index in [9.17, 15) is 9.59 Å². The van der Waals surface area contributed by atoms with Crippen LogP contribution in [0.15, 0.2) is 36.4 Å². The molecule has 0 saturated heterocycles. The van der Waals surface area contributed by atoms with E-state index in [0.29, 0.717) is 11.1 Å². The van der Waals surface area contributed by atoms with E-state index in [1.54, 1.807) is 19.1 Å². The fourth-order valence-corrected chi connectivity index (χ4v) is 1.50. The van der Waals surface area contributed by atoms with Crippen LogP contribution in [0.3, 0.4) is 0 Å². The zero-order valence-electron chi connectivity index (χ0n) is 11.3. The quantitative estimate of drug-likeness (QED) is 0.449. The molecule has 102 valence electrons. The minimum atomic E-state index is -0.481. The van der Waals surface area contributed by atoms with Gasteiger partial charge in [-0.3, -0.25) is 0 Å². The van der Waals surface area contributed by atoms with Gasteiger partial charge >= 0.3 is 11.9 Å². The van der Waals surface area contributed by atoms with Gasteiger partial charge in [0.2, 0.25) is 0 Å². The number of hydrogen-bond acceptors (Lipinski definition) is 4. The van der Waals surface area contributed by atoms with Crippen molar-refractivity contribution in [1.29, 1.82) is 0 Å². The highest BCUT2D eigenvalue weighted by Gasteiger charge is 2.11. The highest BCUT2D eigenvalue weighted by molar-refractivity contribution is 5.91. The number of benzene rings is 1. The van der Waals surface area contributed by atoms with Gasteiger partial charge in [-0.1, -0.05) is 31.7 Å². The van der Waals surface area contributed by atoms with Gasteiger partial charge < -0.3 is 9.47 Å². The molecule has 19 heavy (non-hydrogen) atoms. The first-order chi connectivity index (χ1) is 9.06. The molecule has 0 radical (unpaired) electrons. The predicted molar refractivity (Wildman–Crippen MR) is 71.9 cm³/mol. The van der Waals surface area contributed by atoms with Gasteiger partial charge in [0.05, 0.1) is 5.56 Å². The van der Waals surface area contributed by atoms with Crippen molar-refractivity contribution < 1.29 is 19.1 Å². The highest BCUT2D eigenvalue weighted by Crippen LogP contribution is 2.10. The summed E-state index contributed by atoms with van der Waals surface area (Å²) in [4.78, 5) is 22.9. The van der Waals surface area contributed by atoms with Crippen LogP contribution in [0, 0.1) is 0 Å². The fourth-order valence-electron chi connectivity index (χ4n) is 1.50. The Morgan fingerprint density at radius 2 is 1.79 bits per heavy atom. The molecule has 0 spiro atoms. The molecule has 1 aromatic carbocycles. The van der Waals surface area contributed by atoms with Gasteiger partial charge in [-0.05, 0) is 25.0 Å². The number of esters is 2. The first-order valence-corrected chi connectivity index (χ1v) is 6.14. The molecule has 1 aromatic rings. The zero-order chi connectivity index (χ0) is 14.3. The van der Waals surface area contributed by atoms with Gasteiger partial charge in [0, 0.05) is 5.57 Å². The number of carbonyl (C=O) groups excluding carboxylic acids is 2. The average molecular weight is 262 g/mol. The molecule has 4 heteroatoms. The summed E-state index contributed by atoms with van der Waals surface area (Å²) in [5.74, 6) is -0.881. The van der Waals surface area contributed by atoms with E-state index in [2.05, 4.69) is 6.58 Å². The summed E-state index contributed by atoms with van der Waals surface area (Å²) in [6.45, 7) is 7.06. The van der Waals surface area contributed by atoms with Crippen LogP contribution in [0.5, 0.6) is 0 Å². The van der Waals surface area contributed by atoms with Gasteiger partial charge in [0.15, 0.2) is 0 Å². The molecule has 0 bridgehead atoms. The maximum Gasteiger partial charge on any atom is 0.338 e. The maximum absolute atomic E-state index is 11.8. The molecule has 0 saturated carbocycles. The minimum absolute atomic E-state index is 0.0335. The van der Waals surface area contributed by atoms with E-state index in [0.717, 1.165) is 12.0 Å². The molecule has 0 aromatic heterocycles. The molecule has 0 heterocycles. The van der Waals surface area contributed by atoms with Crippen molar-refractivity contribution in [3.8, 4) is 0 Å². The number of carbonyl (C=O) groups is 2. The molecule has 0 N–H and O–H groups in total. The van der Waals surface area contributed by atoms with Crippen LogP contribution in [0.2, 0.25) is 0 Å². The Morgan fingerprint density at radius 3 is 2.42 bits per heavy atom. The Kier molecular flexibility index (Phi) is 5.79. The molecule has 0 amide bonds. The molecule has 0 unspecified atom stereocenters. The lowest BCUT2D eigenvalue weighted by Gasteiger charge is -2.08. The van der Waals surface area contributed by atoms with E-state index in [4.69, 9.17) is 9.47 Å². The molecule has 0 aliphatic rings. The van der Waals surface area contributed by atoms with Gasteiger partial charge in [-0.15, -0.1) is 0 Å². The SMILES string of the molecule is C=C(C)C(=O)OCCOC(=O)c1ccccc1CC. The third kappa shape index (κ3) is 4.58. The molecule has 0 atom stereocenters. The van der Waals surface area contributed by atoms with Gasteiger partial charge in [0.1, 0.15) is 13.2 Å². The second-order valence-corrected chi connectivity index (χ2v) is 4.06. The second-order valence-electron chi connectivity index (χ2n) is 4.06. The molecular weight excluding hydrogens is 244 g/mol. The highest BCUT2D eigenvalue weighted by atomic mass is 16.6.